The number of amides is 2. The van der Waals surface area contributed by atoms with Crippen LogP contribution >= 0.6 is 0 Å². The van der Waals surface area contributed by atoms with Gasteiger partial charge in [0.25, 0.3) is 5.56 Å². The van der Waals surface area contributed by atoms with E-state index < -0.39 is 0 Å². The van der Waals surface area contributed by atoms with Crippen molar-refractivity contribution in [3.05, 3.63) is 64.6 Å². The number of nitrogens with one attached hydrogen (secondary N) is 1. The Morgan fingerprint density at radius 3 is 2.52 bits per heavy atom. The predicted octanol–water partition coefficient (Wildman–Crippen LogP) is 4.64. The number of pyridine rings is 1. The number of aryl methyl sites for hydroxylation is 1. The number of hydrogen-bond donors (Lipinski definition) is 1. The van der Waals surface area contributed by atoms with Crippen LogP contribution in [0.4, 0.5) is 16.2 Å². The smallest absolute Gasteiger partial charge is 0.326 e. The molecule has 0 saturated heterocycles. The largest absolute Gasteiger partial charge is 0.495 e. The lowest BCUT2D eigenvalue weighted by molar-refractivity contribution is 0.258. The summed E-state index contributed by atoms with van der Waals surface area (Å²) >= 11 is 0. The highest BCUT2D eigenvalue weighted by atomic mass is 16.5. The Balaban J connectivity index is 2.01. The third kappa shape index (κ3) is 4.26. The van der Waals surface area contributed by atoms with Crippen molar-refractivity contribution in [1.82, 2.24) is 4.57 Å². The molecule has 3 aromatic rings. The summed E-state index contributed by atoms with van der Waals surface area (Å²) in [6, 6.07) is 12.7. The number of urea groups is 1. The molecule has 0 radical (unpaired) electrons. The minimum absolute atomic E-state index is 0.0546. The molecule has 6 heteroatoms. The average molecular weight is 393 g/mol. The second kappa shape index (κ2) is 8.39. The molecule has 0 saturated carbocycles. The molecule has 3 rings (SSSR count). The van der Waals surface area contributed by atoms with Crippen LogP contribution in [0.15, 0.2) is 53.5 Å². The van der Waals surface area contributed by atoms with Crippen LogP contribution in [0.5, 0.6) is 5.75 Å². The van der Waals surface area contributed by atoms with Crippen molar-refractivity contribution in [2.75, 3.05) is 24.4 Å². The summed E-state index contributed by atoms with van der Waals surface area (Å²) in [5, 5.41) is 4.27. The van der Waals surface area contributed by atoms with Crippen LogP contribution in [-0.4, -0.2) is 24.8 Å². The summed E-state index contributed by atoms with van der Waals surface area (Å²) in [5.74, 6) is 0.916. The van der Waals surface area contributed by atoms with E-state index in [4.69, 9.17) is 4.74 Å². The fourth-order valence-electron chi connectivity index (χ4n) is 3.34. The Labute approximate surface area is 170 Å². The van der Waals surface area contributed by atoms with Gasteiger partial charge in [0.1, 0.15) is 5.75 Å². The van der Waals surface area contributed by atoms with Gasteiger partial charge in [0.15, 0.2) is 0 Å². The van der Waals surface area contributed by atoms with Gasteiger partial charge in [-0.05, 0) is 36.6 Å². The third-order valence-corrected chi connectivity index (χ3v) is 4.80. The molecule has 0 spiro atoms. The fourth-order valence-corrected chi connectivity index (χ4v) is 3.34. The summed E-state index contributed by atoms with van der Waals surface area (Å²) in [6.07, 6.45) is 1.73. The van der Waals surface area contributed by atoms with Crippen LogP contribution in [0.1, 0.15) is 19.4 Å². The first kappa shape index (κ1) is 20.5. The summed E-state index contributed by atoms with van der Waals surface area (Å²) in [7, 11) is 3.27. The Kier molecular flexibility index (Phi) is 5.92. The lowest BCUT2D eigenvalue weighted by Crippen LogP contribution is -2.32. The summed E-state index contributed by atoms with van der Waals surface area (Å²) < 4.78 is 7.07. The van der Waals surface area contributed by atoms with E-state index in [1.807, 2.05) is 43.3 Å². The highest BCUT2D eigenvalue weighted by molar-refractivity contribution is 6.07. The zero-order chi connectivity index (χ0) is 21.1. The molecule has 1 heterocycles. The molecule has 0 unspecified atom stereocenters. The Morgan fingerprint density at radius 2 is 1.86 bits per heavy atom. The molecular weight excluding hydrogens is 366 g/mol. The summed E-state index contributed by atoms with van der Waals surface area (Å²) in [6.45, 7) is 6.65. The van der Waals surface area contributed by atoms with Crippen LogP contribution in [0.25, 0.3) is 10.8 Å². The van der Waals surface area contributed by atoms with E-state index >= 15 is 0 Å². The zero-order valence-electron chi connectivity index (χ0n) is 17.5. The molecule has 6 nitrogen and oxygen atoms in total. The van der Waals surface area contributed by atoms with E-state index in [9.17, 15) is 9.59 Å². The van der Waals surface area contributed by atoms with Crippen LogP contribution in [-0.2, 0) is 6.54 Å². The second-order valence-corrected chi connectivity index (χ2v) is 7.60. The average Bonchev–Trinajstić information content (AvgIpc) is 2.70. The van der Waals surface area contributed by atoms with Crippen LogP contribution < -0.4 is 20.5 Å². The minimum atomic E-state index is -0.311. The quantitative estimate of drug-likeness (QED) is 0.687. The molecule has 0 aliphatic rings. The van der Waals surface area contributed by atoms with Gasteiger partial charge in [-0.2, -0.15) is 0 Å². The lowest BCUT2D eigenvalue weighted by atomic mass is 10.1. The predicted molar refractivity (Wildman–Crippen MR) is 118 cm³/mol. The van der Waals surface area contributed by atoms with Gasteiger partial charge in [-0.1, -0.05) is 38.1 Å². The van der Waals surface area contributed by atoms with E-state index in [1.165, 1.54) is 4.90 Å². The van der Waals surface area contributed by atoms with Gasteiger partial charge in [-0.3, -0.25) is 9.69 Å². The normalized spacial score (nSPS) is 11.0. The number of hydrogen-bond acceptors (Lipinski definition) is 3. The molecule has 0 bridgehead atoms. The highest BCUT2D eigenvalue weighted by Crippen LogP contribution is 2.29. The van der Waals surface area contributed by atoms with Crippen molar-refractivity contribution < 1.29 is 9.53 Å². The van der Waals surface area contributed by atoms with Gasteiger partial charge in [0.05, 0.1) is 18.5 Å². The number of ether oxygens (including phenoxy) is 1. The number of fused-ring (bicyclic) bond motifs is 1. The molecule has 2 aromatic carbocycles. The topological polar surface area (TPSA) is 63.6 Å². The number of rotatable bonds is 5. The maximum absolute atomic E-state index is 13.0. The van der Waals surface area contributed by atoms with Crippen molar-refractivity contribution in [3.63, 3.8) is 0 Å². The maximum atomic E-state index is 13.0. The third-order valence-electron chi connectivity index (χ3n) is 4.80. The van der Waals surface area contributed by atoms with E-state index in [0.29, 0.717) is 35.0 Å². The van der Waals surface area contributed by atoms with Crippen molar-refractivity contribution in [2.45, 2.75) is 27.3 Å². The lowest BCUT2D eigenvalue weighted by Gasteiger charge is -2.22. The van der Waals surface area contributed by atoms with Crippen molar-refractivity contribution in [3.8, 4) is 5.75 Å². The molecular formula is C23H27N3O3. The first-order valence-electron chi connectivity index (χ1n) is 9.63. The standard InChI is InChI=1S/C23H27N3O3/c1-15(2)13-26-14-19(17-8-6-7-9-18(17)22(26)27)24-23(28)25(4)20-12-16(3)10-11-21(20)29-5/h6-12,14-15H,13H2,1-5H3,(H,24,28). The van der Waals surface area contributed by atoms with Crippen LogP contribution in [0.2, 0.25) is 0 Å². The van der Waals surface area contributed by atoms with E-state index in [0.717, 1.165) is 10.9 Å². The van der Waals surface area contributed by atoms with E-state index in [2.05, 4.69) is 19.2 Å². The van der Waals surface area contributed by atoms with Crippen molar-refractivity contribution in [2.24, 2.45) is 5.92 Å². The van der Waals surface area contributed by atoms with E-state index in [1.54, 1.807) is 31.0 Å². The minimum Gasteiger partial charge on any atom is -0.495 e. The first-order chi connectivity index (χ1) is 13.8. The van der Waals surface area contributed by atoms with E-state index in [-0.39, 0.29) is 11.6 Å². The van der Waals surface area contributed by atoms with Crippen molar-refractivity contribution in [1.29, 1.82) is 0 Å². The Hall–Kier alpha value is -3.28. The first-order valence-corrected chi connectivity index (χ1v) is 9.63. The number of aromatic nitrogens is 1. The SMILES string of the molecule is COc1ccc(C)cc1N(C)C(=O)Nc1cn(CC(C)C)c(=O)c2ccccc12. The number of carbonyl (C=O) groups excluding carboxylic acids is 1. The van der Waals surface area contributed by atoms with Gasteiger partial charge < -0.3 is 14.6 Å². The molecule has 0 fully saturated rings. The monoisotopic (exact) mass is 393 g/mol. The summed E-state index contributed by atoms with van der Waals surface area (Å²) in [4.78, 5) is 27.3. The Morgan fingerprint density at radius 1 is 1.17 bits per heavy atom. The van der Waals surface area contributed by atoms with Crippen LogP contribution in [0, 0.1) is 12.8 Å². The number of carbonyl (C=O) groups is 1. The van der Waals surface area contributed by atoms with Gasteiger partial charge in [0.2, 0.25) is 0 Å². The number of anilines is 2. The van der Waals surface area contributed by atoms with Gasteiger partial charge in [-0.15, -0.1) is 0 Å². The summed E-state index contributed by atoms with van der Waals surface area (Å²) in [5.41, 5.74) is 2.24. The molecule has 0 atom stereocenters. The second-order valence-electron chi connectivity index (χ2n) is 7.60. The number of methoxy groups -OCH3 is 1. The molecule has 0 aliphatic carbocycles. The number of nitrogens with zero attached hydrogens (tertiary/aromatic N) is 2. The zero-order valence-corrected chi connectivity index (χ0v) is 17.5. The number of benzene rings is 2. The fraction of sp³-hybridized carbons (Fsp3) is 0.304. The molecule has 1 N–H and O–H groups in total. The molecule has 1 aromatic heterocycles. The van der Waals surface area contributed by atoms with Gasteiger partial charge in [-0.25, -0.2) is 4.79 Å². The molecule has 2 amide bonds. The van der Waals surface area contributed by atoms with Gasteiger partial charge >= 0.3 is 6.03 Å². The maximum Gasteiger partial charge on any atom is 0.326 e. The van der Waals surface area contributed by atoms with Gasteiger partial charge in [0, 0.05) is 30.6 Å². The molecule has 0 aliphatic heterocycles. The van der Waals surface area contributed by atoms with Crippen LogP contribution in [0.3, 0.4) is 0 Å². The molecule has 29 heavy (non-hydrogen) atoms. The van der Waals surface area contributed by atoms with Crippen molar-refractivity contribution >= 4 is 28.2 Å². The highest BCUT2D eigenvalue weighted by Gasteiger charge is 2.18. The Bertz CT molecular complexity index is 1100. The molecule has 152 valence electrons.